The molecule has 0 fully saturated rings. The van der Waals surface area contributed by atoms with Gasteiger partial charge in [0.05, 0.1) is 7.11 Å². The molecule has 0 unspecified atom stereocenters. The zero-order valence-corrected chi connectivity index (χ0v) is 9.77. The Labute approximate surface area is 96.2 Å². The number of hydrogen-bond donors (Lipinski definition) is 1. The van der Waals surface area contributed by atoms with Gasteiger partial charge in [0, 0.05) is 19.6 Å². The van der Waals surface area contributed by atoms with Crippen molar-refractivity contribution in [2.45, 2.75) is 6.54 Å². The van der Waals surface area contributed by atoms with Gasteiger partial charge in [-0.3, -0.25) is 4.79 Å². The average molecular weight is 222 g/mol. The molecule has 0 aromatic heterocycles. The van der Waals surface area contributed by atoms with Crippen molar-refractivity contribution in [2.75, 3.05) is 27.2 Å². The topological polar surface area (TPSA) is 41.6 Å². The molecule has 1 rings (SSSR count). The molecule has 0 radical (unpaired) electrons. The van der Waals surface area contributed by atoms with Crippen LogP contribution in [0.15, 0.2) is 24.3 Å². The summed E-state index contributed by atoms with van der Waals surface area (Å²) in [5, 5.41) is 3.02. The number of likely N-dealkylation sites (N-methyl/N-ethyl adjacent to an activating group) is 1. The van der Waals surface area contributed by atoms with Gasteiger partial charge in [-0.05, 0) is 24.7 Å². The highest BCUT2D eigenvalue weighted by atomic mass is 16.5. The Morgan fingerprint density at radius 3 is 2.94 bits per heavy atom. The van der Waals surface area contributed by atoms with E-state index < -0.39 is 0 Å². The van der Waals surface area contributed by atoms with Gasteiger partial charge in [0.15, 0.2) is 0 Å². The lowest BCUT2D eigenvalue weighted by atomic mass is 10.2. The molecular weight excluding hydrogens is 204 g/mol. The lowest BCUT2D eigenvalue weighted by Gasteiger charge is -2.17. The summed E-state index contributed by atoms with van der Waals surface area (Å²) in [6, 6.07) is 7.74. The highest BCUT2D eigenvalue weighted by Crippen LogP contribution is 2.13. The summed E-state index contributed by atoms with van der Waals surface area (Å²) >= 11 is 0. The zero-order valence-electron chi connectivity index (χ0n) is 9.77. The molecular formula is C12H18N2O2. The van der Waals surface area contributed by atoms with E-state index in [9.17, 15) is 4.79 Å². The lowest BCUT2D eigenvalue weighted by molar-refractivity contribution is -0.118. The van der Waals surface area contributed by atoms with E-state index in [0.717, 1.165) is 24.3 Å². The minimum atomic E-state index is 0.613. The van der Waals surface area contributed by atoms with Crippen molar-refractivity contribution in [3.8, 4) is 5.75 Å². The summed E-state index contributed by atoms with van der Waals surface area (Å²) in [5.74, 6) is 0.817. The van der Waals surface area contributed by atoms with Crippen LogP contribution in [0.5, 0.6) is 5.75 Å². The third kappa shape index (κ3) is 3.90. The van der Waals surface area contributed by atoms with Crippen molar-refractivity contribution >= 4 is 6.41 Å². The fourth-order valence-corrected chi connectivity index (χ4v) is 1.43. The van der Waals surface area contributed by atoms with Crippen LogP contribution in [-0.2, 0) is 11.3 Å². The van der Waals surface area contributed by atoms with E-state index in [1.165, 1.54) is 0 Å². The van der Waals surface area contributed by atoms with Gasteiger partial charge in [0.1, 0.15) is 5.75 Å². The molecule has 1 aromatic carbocycles. The van der Waals surface area contributed by atoms with Crippen LogP contribution in [-0.4, -0.2) is 38.6 Å². The average Bonchev–Trinajstić information content (AvgIpc) is 2.34. The summed E-state index contributed by atoms with van der Waals surface area (Å²) < 4.78 is 5.13. The van der Waals surface area contributed by atoms with Crippen LogP contribution in [0.25, 0.3) is 0 Å². The van der Waals surface area contributed by atoms with Crippen LogP contribution in [0.1, 0.15) is 5.56 Å². The molecule has 1 amide bonds. The van der Waals surface area contributed by atoms with Gasteiger partial charge in [0.2, 0.25) is 6.41 Å². The fraction of sp³-hybridized carbons (Fsp3) is 0.417. The van der Waals surface area contributed by atoms with E-state index in [2.05, 4.69) is 5.32 Å². The number of benzene rings is 1. The molecule has 0 aliphatic carbocycles. The zero-order chi connectivity index (χ0) is 11.8. The van der Waals surface area contributed by atoms with Crippen molar-refractivity contribution in [3.63, 3.8) is 0 Å². The molecule has 88 valence electrons. The number of carbonyl (C=O) groups is 1. The van der Waals surface area contributed by atoms with Crippen LogP contribution < -0.4 is 10.1 Å². The first-order chi connectivity index (χ1) is 7.80. The SMILES string of the molecule is CNCCN(C=O)Cc1cccc(OC)c1. The second-order valence-electron chi connectivity index (χ2n) is 3.53. The molecule has 1 aromatic rings. The first kappa shape index (κ1) is 12.5. The van der Waals surface area contributed by atoms with E-state index in [1.54, 1.807) is 12.0 Å². The van der Waals surface area contributed by atoms with E-state index in [4.69, 9.17) is 4.74 Å². The van der Waals surface area contributed by atoms with Gasteiger partial charge in [-0.2, -0.15) is 0 Å². The Hall–Kier alpha value is -1.55. The maximum absolute atomic E-state index is 10.8. The first-order valence-electron chi connectivity index (χ1n) is 5.27. The van der Waals surface area contributed by atoms with Crippen molar-refractivity contribution in [2.24, 2.45) is 0 Å². The number of rotatable bonds is 7. The van der Waals surface area contributed by atoms with Crippen molar-refractivity contribution in [3.05, 3.63) is 29.8 Å². The molecule has 0 saturated carbocycles. The molecule has 4 heteroatoms. The van der Waals surface area contributed by atoms with Gasteiger partial charge < -0.3 is 15.0 Å². The minimum absolute atomic E-state index is 0.613. The Morgan fingerprint density at radius 2 is 2.31 bits per heavy atom. The molecule has 16 heavy (non-hydrogen) atoms. The number of amides is 1. The molecule has 4 nitrogen and oxygen atoms in total. The Morgan fingerprint density at radius 1 is 1.50 bits per heavy atom. The summed E-state index contributed by atoms with van der Waals surface area (Å²) in [6.07, 6.45) is 0.872. The standard InChI is InChI=1S/C12H18N2O2/c1-13-6-7-14(10-15)9-11-4-3-5-12(8-11)16-2/h3-5,8,10,13H,6-7,9H2,1-2H3. The maximum atomic E-state index is 10.8. The van der Waals surface area contributed by atoms with E-state index in [0.29, 0.717) is 13.1 Å². The highest BCUT2D eigenvalue weighted by Gasteiger charge is 2.03. The largest absolute Gasteiger partial charge is 0.497 e. The number of ether oxygens (including phenoxy) is 1. The molecule has 0 atom stereocenters. The Balaban J connectivity index is 2.58. The number of methoxy groups -OCH3 is 1. The van der Waals surface area contributed by atoms with Crippen LogP contribution in [0, 0.1) is 0 Å². The van der Waals surface area contributed by atoms with E-state index in [-0.39, 0.29) is 0 Å². The maximum Gasteiger partial charge on any atom is 0.210 e. The normalized spacial score (nSPS) is 9.88. The third-order valence-electron chi connectivity index (χ3n) is 2.32. The highest BCUT2D eigenvalue weighted by molar-refractivity contribution is 5.47. The molecule has 0 bridgehead atoms. The van der Waals surface area contributed by atoms with Gasteiger partial charge in [-0.15, -0.1) is 0 Å². The lowest BCUT2D eigenvalue weighted by Crippen LogP contribution is -2.29. The van der Waals surface area contributed by atoms with E-state index >= 15 is 0 Å². The quantitative estimate of drug-likeness (QED) is 0.696. The number of nitrogens with zero attached hydrogens (tertiary/aromatic N) is 1. The van der Waals surface area contributed by atoms with Crippen LogP contribution >= 0.6 is 0 Å². The number of nitrogens with one attached hydrogen (secondary N) is 1. The van der Waals surface area contributed by atoms with Crippen molar-refractivity contribution in [1.82, 2.24) is 10.2 Å². The van der Waals surface area contributed by atoms with Crippen LogP contribution in [0.4, 0.5) is 0 Å². The van der Waals surface area contributed by atoms with Gasteiger partial charge in [-0.1, -0.05) is 12.1 Å². The smallest absolute Gasteiger partial charge is 0.210 e. The summed E-state index contributed by atoms with van der Waals surface area (Å²) in [4.78, 5) is 12.6. The molecule has 0 aliphatic rings. The molecule has 0 aliphatic heterocycles. The molecule has 0 saturated heterocycles. The van der Waals surface area contributed by atoms with E-state index in [1.807, 2.05) is 31.3 Å². The summed E-state index contributed by atoms with van der Waals surface area (Å²) in [6.45, 7) is 2.11. The second-order valence-corrected chi connectivity index (χ2v) is 3.53. The second kappa shape index (κ2) is 6.85. The van der Waals surface area contributed by atoms with Crippen molar-refractivity contribution < 1.29 is 9.53 Å². The predicted molar refractivity (Wildman–Crippen MR) is 63.4 cm³/mol. The minimum Gasteiger partial charge on any atom is -0.497 e. The van der Waals surface area contributed by atoms with Gasteiger partial charge >= 0.3 is 0 Å². The van der Waals surface area contributed by atoms with Crippen molar-refractivity contribution in [1.29, 1.82) is 0 Å². The fourth-order valence-electron chi connectivity index (χ4n) is 1.43. The van der Waals surface area contributed by atoms with Crippen LogP contribution in [0.2, 0.25) is 0 Å². The first-order valence-corrected chi connectivity index (χ1v) is 5.27. The number of hydrogen-bond acceptors (Lipinski definition) is 3. The van der Waals surface area contributed by atoms with Crippen LogP contribution in [0.3, 0.4) is 0 Å². The summed E-state index contributed by atoms with van der Waals surface area (Å²) in [7, 11) is 3.51. The molecule has 0 spiro atoms. The van der Waals surface area contributed by atoms with Gasteiger partial charge in [-0.25, -0.2) is 0 Å². The monoisotopic (exact) mass is 222 g/mol. The van der Waals surface area contributed by atoms with Gasteiger partial charge in [0.25, 0.3) is 0 Å². The summed E-state index contributed by atoms with van der Waals surface area (Å²) in [5.41, 5.74) is 1.07. The molecule has 0 heterocycles. The number of carbonyl (C=O) groups excluding carboxylic acids is 1. The predicted octanol–water partition coefficient (Wildman–Crippen LogP) is 0.873. The Kier molecular flexibility index (Phi) is 5.36. The molecule has 1 N–H and O–H groups in total. The third-order valence-corrected chi connectivity index (χ3v) is 2.32. The Bertz CT molecular complexity index is 329.